The second-order valence-corrected chi connectivity index (χ2v) is 5.27. The number of rotatable bonds is 0. The van der Waals surface area contributed by atoms with Crippen molar-refractivity contribution in [3.63, 3.8) is 0 Å². The van der Waals surface area contributed by atoms with Gasteiger partial charge in [0.1, 0.15) is 11.4 Å². The molecule has 2 aliphatic rings. The number of hydrogen-bond acceptors (Lipinski definition) is 2. The van der Waals surface area contributed by atoms with Gasteiger partial charge in [-0.25, -0.2) is 0 Å². The summed E-state index contributed by atoms with van der Waals surface area (Å²) in [5.74, 6) is 0.753. The summed E-state index contributed by atoms with van der Waals surface area (Å²) in [5.41, 5.74) is 0.335. The van der Waals surface area contributed by atoms with Crippen molar-refractivity contribution >= 4 is 17.4 Å². The van der Waals surface area contributed by atoms with Gasteiger partial charge in [-0.15, -0.1) is 0 Å². The minimum absolute atomic E-state index is 0.163. The van der Waals surface area contributed by atoms with E-state index in [1.807, 2.05) is 0 Å². The van der Waals surface area contributed by atoms with Gasteiger partial charge in [0.15, 0.2) is 5.78 Å². The first-order valence-corrected chi connectivity index (χ1v) is 6.40. The molecule has 4 heteroatoms. The fourth-order valence-corrected chi connectivity index (χ4v) is 2.96. The maximum atomic E-state index is 12.2. The first-order valence-electron chi connectivity index (χ1n) is 6.03. The number of Topliss-reactive ketones (excluding diaryl/α,β-unsaturated/α-hetero) is 1. The van der Waals surface area contributed by atoms with E-state index in [-0.39, 0.29) is 11.4 Å². The number of hydrogen-bond donors (Lipinski definition) is 1. The smallest absolute Gasteiger partial charge is 0.170 e. The van der Waals surface area contributed by atoms with E-state index >= 15 is 0 Å². The summed E-state index contributed by atoms with van der Waals surface area (Å²) < 4.78 is 6.09. The molecule has 0 unspecified atom stereocenters. The Bertz CT molecular complexity index is 466. The molecule has 1 fully saturated rings. The zero-order valence-electron chi connectivity index (χ0n) is 9.54. The lowest BCUT2D eigenvalue weighted by atomic mass is 9.83. The van der Waals surface area contributed by atoms with E-state index in [1.165, 1.54) is 0 Å². The van der Waals surface area contributed by atoms with Crippen molar-refractivity contribution in [2.45, 2.75) is 24.9 Å². The molecule has 0 aliphatic carbocycles. The van der Waals surface area contributed by atoms with Gasteiger partial charge in [0.05, 0.1) is 30.1 Å². The molecule has 1 saturated heterocycles. The van der Waals surface area contributed by atoms with Gasteiger partial charge in [-0.1, -0.05) is 17.7 Å². The molecule has 1 spiro atoms. The van der Waals surface area contributed by atoms with E-state index in [4.69, 9.17) is 16.3 Å². The monoisotopic (exact) mass is 252 g/mol. The summed E-state index contributed by atoms with van der Waals surface area (Å²) in [6.45, 7) is 2.04. The predicted octanol–water partition coefficient (Wildman–Crippen LogP) is 1.40. The van der Waals surface area contributed by atoms with E-state index in [2.05, 4.69) is 5.32 Å². The number of carbonyl (C=O) groups excluding carboxylic acids is 1. The van der Waals surface area contributed by atoms with Crippen LogP contribution in [0.5, 0.6) is 5.75 Å². The first kappa shape index (κ1) is 11.1. The molecule has 0 saturated carbocycles. The highest BCUT2D eigenvalue weighted by molar-refractivity contribution is 6.32. The Morgan fingerprint density at radius 3 is 2.82 bits per heavy atom. The van der Waals surface area contributed by atoms with Crippen molar-refractivity contribution in [3.05, 3.63) is 28.8 Å². The quantitative estimate of drug-likeness (QED) is 0.759. The molecule has 3 nitrogen and oxygen atoms in total. The molecule has 17 heavy (non-hydrogen) atoms. The van der Waals surface area contributed by atoms with Crippen LogP contribution in [0.1, 0.15) is 29.6 Å². The third-order valence-corrected chi connectivity index (χ3v) is 3.97. The largest absolute Gasteiger partial charge is 0.484 e. The summed E-state index contributed by atoms with van der Waals surface area (Å²) in [6.07, 6.45) is 2.33. The van der Waals surface area contributed by atoms with E-state index in [1.54, 1.807) is 18.2 Å². The molecule has 0 amide bonds. The number of para-hydroxylation sites is 1. The zero-order valence-corrected chi connectivity index (χ0v) is 10.3. The molecule has 1 aromatic carbocycles. The van der Waals surface area contributed by atoms with E-state index in [0.717, 1.165) is 25.9 Å². The third kappa shape index (κ3) is 1.83. The Kier molecular flexibility index (Phi) is 2.60. The zero-order chi connectivity index (χ0) is 11.9. The van der Waals surface area contributed by atoms with Crippen LogP contribution < -0.4 is 10.1 Å². The van der Waals surface area contributed by atoms with E-state index in [9.17, 15) is 4.79 Å². The van der Waals surface area contributed by atoms with Gasteiger partial charge in [0, 0.05) is 12.8 Å². The molecule has 0 aromatic heterocycles. The van der Waals surface area contributed by atoms with Crippen molar-refractivity contribution in [2.75, 3.05) is 13.1 Å². The number of piperidine rings is 1. The highest BCUT2D eigenvalue weighted by atomic mass is 35.5. The van der Waals surface area contributed by atoms with E-state index in [0.29, 0.717) is 22.8 Å². The number of benzene rings is 1. The Hall–Kier alpha value is -1.06. The van der Waals surface area contributed by atoms with Crippen LogP contribution in [0.2, 0.25) is 5.02 Å². The van der Waals surface area contributed by atoms with Crippen LogP contribution in [-0.2, 0) is 0 Å². The highest BCUT2D eigenvalue weighted by Crippen LogP contribution is 2.41. The summed E-state index contributed by atoms with van der Waals surface area (Å²) >= 11 is 6.12. The Balaban J connectivity index is 2.02. The second kappa shape index (κ2) is 4.00. The van der Waals surface area contributed by atoms with Crippen LogP contribution in [0.15, 0.2) is 18.2 Å². The predicted molar refractivity (Wildman–Crippen MR) is 64.7 cm³/mol. The summed E-state index contributed by atoms with van der Waals surface area (Å²) in [7, 11) is 0. The van der Waals surface area contributed by atoms with Crippen LogP contribution in [0, 0.1) is 0 Å². The molecule has 90 valence electrons. The molecule has 0 radical (unpaired) electrons. The summed E-state index contributed by atoms with van der Waals surface area (Å²) in [6, 6.07) is 5.38. The van der Waals surface area contributed by atoms with Gasteiger partial charge in [0.25, 0.3) is 0 Å². The number of fused-ring (bicyclic) bond motifs is 1. The van der Waals surface area contributed by atoms with E-state index < -0.39 is 0 Å². The molecule has 0 bridgehead atoms. The Labute approximate surface area is 105 Å². The fraction of sp³-hybridized carbons (Fsp3) is 0.462. The standard InChI is InChI=1S/C13H14ClNO2/c14-10-3-1-2-9-11(16)8-13(17-12(9)10)4-6-15-7-5-13/h1-3,15H,4-8H2/p+1. The normalized spacial score (nSPS) is 22.1. The van der Waals surface area contributed by atoms with Crippen molar-refractivity contribution in [2.24, 2.45) is 0 Å². The molecule has 1 aromatic rings. The lowest BCUT2D eigenvalue weighted by Gasteiger charge is -2.39. The van der Waals surface area contributed by atoms with Crippen molar-refractivity contribution in [3.8, 4) is 5.75 Å². The van der Waals surface area contributed by atoms with Crippen molar-refractivity contribution in [1.29, 1.82) is 0 Å². The molecule has 3 rings (SSSR count). The molecular weight excluding hydrogens is 238 g/mol. The Morgan fingerprint density at radius 1 is 1.29 bits per heavy atom. The van der Waals surface area contributed by atoms with Gasteiger partial charge in [0.2, 0.25) is 0 Å². The van der Waals surface area contributed by atoms with Crippen LogP contribution in [0.25, 0.3) is 0 Å². The number of nitrogens with two attached hydrogens (primary N) is 1. The number of carbonyl (C=O) groups is 1. The van der Waals surface area contributed by atoms with Gasteiger partial charge < -0.3 is 10.1 Å². The summed E-state index contributed by atoms with van der Waals surface area (Å²) in [4.78, 5) is 12.2. The van der Waals surface area contributed by atoms with Crippen LogP contribution >= 0.6 is 11.6 Å². The fourth-order valence-electron chi connectivity index (χ4n) is 2.75. The Morgan fingerprint density at radius 2 is 2.06 bits per heavy atom. The average molecular weight is 253 g/mol. The second-order valence-electron chi connectivity index (χ2n) is 4.87. The number of halogens is 1. The number of quaternary nitrogens is 1. The lowest BCUT2D eigenvalue weighted by molar-refractivity contribution is -0.667. The first-order chi connectivity index (χ1) is 8.20. The minimum Gasteiger partial charge on any atom is -0.484 e. The molecule has 0 atom stereocenters. The third-order valence-electron chi connectivity index (χ3n) is 3.68. The van der Waals surface area contributed by atoms with Gasteiger partial charge >= 0.3 is 0 Å². The van der Waals surface area contributed by atoms with Gasteiger partial charge in [-0.05, 0) is 12.1 Å². The van der Waals surface area contributed by atoms with Gasteiger partial charge in [-0.3, -0.25) is 4.79 Å². The van der Waals surface area contributed by atoms with Crippen molar-refractivity contribution < 1.29 is 14.8 Å². The van der Waals surface area contributed by atoms with Crippen molar-refractivity contribution in [1.82, 2.24) is 0 Å². The molecule has 2 heterocycles. The minimum atomic E-state index is -0.302. The number of ether oxygens (including phenoxy) is 1. The highest BCUT2D eigenvalue weighted by Gasteiger charge is 2.43. The SMILES string of the molecule is O=C1CC2(CC[NH2+]CC2)Oc2c(Cl)cccc21. The lowest BCUT2D eigenvalue weighted by Crippen LogP contribution is -2.88. The van der Waals surface area contributed by atoms with Crippen LogP contribution in [-0.4, -0.2) is 24.5 Å². The topological polar surface area (TPSA) is 42.9 Å². The number of ketones is 1. The maximum absolute atomic E-state index is 12.2. The van der Waals surface area contributed by atoms with Gasteiger partial charge in [-0.2, -0.15) is 0 Å². The van der Waals surface area contributed by atoms with Crippen LogP contribution in [0.4, 0.5) is 0 Å². The maximum Gasteiger partial charge on any atom is 0.170 e. The molecular formula is C13H15ClNO2+. The van der Waals surface area contributed by atoms with Crippen LogP contribution in [0.3, 0.4) is 0 Å². The molecule has 2 N–H and O–H groups in total. The molecule has 2 aliphatic heterocycles. The average Bonchev–Trinajstić information content (AvgIpc) is 2.32. The summed E-state index contributed by atoms with van der Waals surface area (Å²) in [5, 5.41) is 2.81.